The normalized spacial score (nSPS) is 10.2. The quantitative estimate of drug-likeness (QED) is 0.665. The lowest BCUT2D eigenvalue weighted by atomic mass is 10.1. The zero-order valence-electron chi connectivity index (χ0n) is 9.65. The summed E-state index contributed by atoms with van der Waals surface area (Å²) in [4.78, 5) is 21.3. The zero-order valence-corrected chi connectivity index (χ0v) is 11.2. The van der Waals surface area contributed by atoms with E-state index in [0.29, 0.717) is 0 Å². The van der Waals surface area contributed by atoms with Crippen LogP contribution in [0, 0.1) is 10.1 Å². The lowest BCUT2D eigenvalue weighted by Gasteiger charge is -2.08. The fourth-order valence-electron chi connectivity index (χ4n) is 1.41. The van der Waals surface area contributed by atoms with Gasteiger partial charge in [-0.3, -0.25) is 10.1 Å². The molecule has 1 aromatic heterocycles. The van der Waals surface area contributed by atoms with Gasteiger partial charge in [-0.1, -0.05) is 22.2 Å². The second kappa shape index (κ2) is 5.80. The highest BCUT2D eigenvalue weighted by Gasteiger charge is 2.23. The van der Waals surface area contributed by atoms with Crippen molar-refractivity contribution < 1.29 is 19.6 Å². The highest BCUT2D eigenvalue weighted by Crippen LogP contribution is 2.32. The maximum atomic E-state index is 11.1. The van der Waals surface area contributed by atoms with E-state index in [1.165, 1.54) is 12.1 Å². The molecule has 10 heteroatoms. The van der Waals surface area contributed by atoms with E-state index in [1.807, 2.05) is 0 Å². The predicted molar refractivity (Wildman–Crippen MR) is 69.3 cm³/mol. The first kappa shape index (κ1) is 14.2. The molecule has 0 aliphatic rings. The molecule has 2 rings (SSSR count). The molecule has 0 atom stereocenters. The van der Waals surface area contributed by atoms with E-state index in [9.17, 15) is 14.9 Å². The van der Waals surface area contributed by atoms with Crippen molar-refractivity contribution in [1.29, 1.82) is 0 Å². The Labute approximate surface area is 120 Å². The molecule has 0 unspecified atom stereocenters. The maximum absolute atomic E-state index is 11.1. The molecule has 0 fully saturated rings. The molecular weight excluding hydrogens is 310 g/mol. The number of hydrogen-bond donors (Lipinski definition) is 1. The third kappa shape index (κ3) is 2.83. The summed E-state index contributed by atoms with van der Waals surface area (Å²) in [6.45, 7) is -0.208. The van der Waals surface area contributed by atoms with E-state index in [-0.39, 0.29) is 28.0 Å². The summed E-state index contributed by atoms with van der Waals surface area (Å²) in [5.41, 5.74) is -0.464. The molecule has 0 aliphatic heterocycles. The molecule has 0 spiro atoms. The first-order valence-electron chi connectivity index (χ1n) is 5.11. The Morgan fingerprint density at radius 1 is 1.55 bits per heavy atom. The number of hydrogen-bond acceptors (Lipinski definition) is 7. The van der Waals surface area contributed by atoms with Crippen molar-refractivity contribution in [2.45, 2.75) is 6.61 Å². The van der Waals surface area contributed by atoms with Crippen molar-refractivity contribution in [1.82, 2.24) is 9.59 Å². The Morgan fingerprint density at radius 2 is 2.30 bits per heavy atom. The summed E-state index contributed by atoms with van der Waals surface area (Å²) >= 11 is 6.71. The largest absolute Gasteiger partial charge is 0.480 e. The molecule has 1 aromatic carbocycles. The van der Waals surface area contributed by atoms with Gasteiger partial charge >= 0.3 is 11.7 Å². The van der Waals surface area contributed by atoms with Crippen molar-refractivity contribution in [2.24, 2.45) is 0 Å². The van der Waals surface area contributed by atoms with Gasteiger partial charge in [0.2, 0.25) is 5.75 Å². The molecular formula is C10H6ClN3O5S. The van der Waals surface area contributed by atoms with E-state index in [0.717, 1.165) is 17.6 Å². The van der Waals surface area contributed by atoms with Crippen LogP contribution < -0.4 is 4.74 Å². The van der Waals surface area contributed by atoms with Gasteiger partial charge in [0.15, 0.2) is 0 Å². The van der Waals surface area contributed by atoms with Crippen molar-refractivity contribution in [3.63, 3.8) is 0 Å². The number of nitro groups is 1. The second-order valence-corrected chi connectivity index (χ2v) is 4.85. The summed E-state index contributed by atoms with van der Waals surface area (Å²) < 4.78 is 9.07. The number of aromatic nitrogens is 2. The van der Waals surface area contributed by atoms with Crippen LogP contribution in [0.2, 0.25) is 4.34 Å². The standard InChI is InChI=1S/C10H6ClN3O5S/c11-9-6(12-13-20-9)4-19-8-5(10(15)16)2-1-3-7(8)14(17)18/h1-3H,4H2,(H,15,16). The third-order valence-electron chi connectivity index (χ3n) is 2.28. The summed E-state index contributed by atoms with van der Waals surface area (Å²) in [6, 6.07) is 3.64. The summed E-state index contributed by atoms with van der Waals surface area (Å²) in [7, 11) is 0. The Morgan fingerprint density at radius 3 is 2.85 bits per heavy atom. The molecule has 104 valence electrons. The fraction of sp³-hybridized carbons (Fsp3) is 0.100. The molecule has 20 heavy (non-hydrogen) atoms. The van der Waals surface area contributed by atoms with Crippen LogP contribution >= 0.6 is 23.1 Å². The van der Waals surface area contributed by atoms with Crippen LogP contribution in [0.3, 0.4) is 0 Å². The van der Waals surface area contributed by atoms with Gasteiger partial charge in [0.05, 0.1) is 4.92 Å². The van der Waals surface area contributed by atoms with Crippen LogP contribution in [-0.4, -0.2) is 25.6 Å². The number of nitrogens with zero attached hydrogens (tertiary/aromatic N) is 3. The summed E-state index contributed by atoms with van der Waals surface area (Å²) in [6.07, 6.45) is 0. The molecule has 0 saturated carbocycles. The van der Waals surface area contributed by atoms with Gasteiger partial charge in [-0.15, -0.1) is 5.10 Å². The number of ether oxygens (including phenoxy) is 1. The van der Waals surface area contributed by atoms with Crippen LogP contribution in [0.4, 0.5) is 5.69 Å². The molecule has 1 N–H and O–H groups in total. The number of aromatic carboxylic acids is 1. The smallest absolute Gasteiger partial charge is 0.339 e. The van der Waals surface area contributed by atoms with E-state index < -0.39 is 16.6 Å². The number of halogens is 1. The highest BCUT2D eigenvalue weighted by molar-refractivity contribution is 7.10. The lowest BCUT2D eigenvalue weighted by Crippen LogP contribution is -2.06. The minimum absolute atomic E-state index is 0.208. The van der Waals surface area contributed by atoms with E-state index in [4.69, 9.17) is 21.4 Å². The van der Waals surface area contributed by atoms with Gasteiger partial charge in [0.1, 0.15) is 22.2 Å². The van der Waals surface area contributed by atoms with Crippen LogP contribution in [0.5, 0.6) is 5.75 Å². The Balaban J connectivity index is 2.36. The Bertz CT molecular complexity index is 642. The first-order valence-corrected chi connectivity index (χ1v) is 6.26. The fourth-order valence-corrected chi connectivity index (χ4v) is 2.01. The van der Waals surface area contributed by atoms with Crippen LogP contribution in [0.15, 0.2) is 18.2 Å². The molecule has 0 radical (unpaired) electrons. The topological polar surface area (TPSA) is 115 Å². The SMILES string of the molecule is O=C(O)c1cccc([N+](=O)[O-])c1OCc1nnsc1Cl. The molecule has 0 saturated heterocycles. The van der Waals surface area contributed by atoms with E-state index in [1.54, 1.807) is 0 Å². The van der Waals surface area contributed by atoms with Gasteiger partial charge in [0.25, 0.3) is 0 Å². The number of benzene rings is 1. The highest BCUT2D eigenvalue weighted by atomic mass is 35.5. The van der Waals surface area contributed by atoms with Crippen LogP contribution in [0.25, 0.3) is 0 Å². The van der Waals surface area contributed by atoms with E-state index >= 15 is 0 Å². The summed E-state index contributed by atoms with van der Waals surface area (Å²) in [5, 5.41) is 23.6. The first-order chi connectivity index (χ1) is 9.50. The minimum Gasteiger partial charge on any atom is -0.480 e. The molecule has 0 amide bonds. The Hall–Kier alpha value is -2.26. The second-order valence-electron chi connectivity index (χ2n) is 3.50. The van der Waals surface area contributed by atoms with Gasteiger partial charge in [-0.05, 0) is 6.07 Å². The number of para-hydroxylation sites is 1. The van der Waals surface area contributed by atoms with Crippen molar-refractivity contribution >= 4 is 34.8 Å². The number of nitro benzene ring substituents is 1. The van der Waals surface area contributed by atoms with Crippen molar-refractivity contribution in [2.75, 3.05) is 0 Å². The van der Waals surface area contributed by atoms with Crippen molar-refractivity contribution in [3.05, 3.63) is 43.9 Å². The van der Waals surface area contributed by atoms with Gasteiger partial charge in [-0.25, -0.2) is 4.79 Å². The third-order valence-corrected chi connectivity index (χ3v) is 3.27. The van der Waals surface area contributed by atoms with Gasteiger partial charge in [-0.2, -0.15) is 0 Å². The van der Waals surface area contributed by atoms with E-state index in [2.05, 4.69) is 9.59 Å². The molecule has 2 aromatic rings. The maximum Gasteiger partial charge on any atom is 0.339 e. The monoisotopic (exact) mass is 315 g/mol. The number of carboxylic acid groups (broad SMARTS) is 1. The molecule has 0 aliphatic carbocycles. The Kier molecular flexibility index (Phi) is 4.11. The average molecular weight is 316 g/mol. The molecule has 0 bridgehead atoms. The average Bonchev–Trinajstić information content (AvgIpc) is 2.81. The number of rotatable bonds is 5. The number of carbonyl (C=O) groups is 1. The molecule has 8 nitrogen and oxygen atoms in total. The van der Waals surface area contributed by atoms with Crippen LogP contribution in [0.1, 0.15) is 16.1 Å². The molecule has 1 heterocycles. The van der Waals surface area contributed by atoms with Crippen LogP contribution in [-0.2, 0) is 6.61 Å². The zero-order chi connectivity index (χ0) is 14.7. The summed E-state index contributed by atoms with van der Waals surface area (Å²) in [5.74, 6) is -1.67. The predicted octanol–water partition coefficient (Wildman–Crippen LogP) is 2.38. The number of carboxylic acids is 1. The van der Waals surface area contributed by atoms with Gasteiger partial charge < -0.3 is 9.84 Å². The lowest BCUT2D eigenvalue weighted by molar-refractivity contribution is -0.386. The van der Waals surface area contributed by atoms with Gasteiger partial charge in [0, 0.05) is 17.6 Å². The minimum atomic E-state index is -1.33. The van der Waals surface area contributed by atoms with Crippen molar-refractivity contribution in [3.8, 4) is 5.75 Å².